The number of aromatic hydroxyl groups is 1. The fourth-order valence-electron chi connectivity index (χ4n) is 2.02. The van der Waals surface area contributed by atoms with Gasteiger partial charge in [0.2, 0.25) is 11.8 Å². The first-order chi connectivity index (χ1) is 11.3. The highest BCUT2D eigenvalue weighted by Gasteiger charge is 2.12. The normalized spacial score (nSPS) is 10.3. The molecular weight excluding hydrogens is 320 g/mol. The van der Waals surface area contributed by atoms with Gasteiger partial charge in [-0.2, -0.15) is 0 Å². The third-order valence-electron chi connectivity index (χ3n) is 3.05. The van der Waals surface area contributed by atoms with Crippen LogP contribution in [-0.4, -0.2) is 41.1 Å². The Hall–Kier alpha value is -3.36. The van der Waals surface area contributed by atoms with Crippen molar-refractivity contribution in [2.45, 2.75) is 6.42 Å². The third kappa shape index (κ3) is 4.57. The highest BCUT2D eigenvalue weighted by Crippen LogP contribution is 2.21. The van der Waals surface area contributed by atoms with E-state index in [0.29, 0.717) is 10.9 Å². The zero-order valence-electron chi connectivity index (χ0n) is 12.4. The average Bonchev–Trinajstić information content (AvgIpc) is 2.50. The number of fused-ring (bicyclic) bond motifs is 1. The van der Waals surface area contributed by atoms with Gasteiger partial charge in [0, 0.05) is 17.5 Å². The molecule has 24 heavy (non-hydrogen) atoms. The Labute approximate surface area is 134 Å². The third-order valence-corrected chi connectivity index (χ3v) is 3.05. The lowest BCUT2D eigenvalue weighted by Gasteiger charge is -2.07. The van der Waals surface area contributed by atoms with Gasteiger partial charge in [-0.3, -0.25) is 14.4 Å². The number of carboxylic acid groups (broad SMARTS) is 1. The second-order valence-corrected chi connectivity index (χ2v) is 4.90. The number of carbonyl (C=O) groups excluding carboxylic acids is 2. The lowest BCUT2D eigenvalue weighted by Crippen LogP contribution is -2.39. The molecule has 0 radical (unpaired) electrons. The topological polar surface area (TPSA) is 146 Å². The van der Waals surface area contributed by atoms with Crippen LogP contribution in [0.4, 0.5) is 0 Å². The Bertz CT molecular complexity index is 857. The van der Waals surface area contributed by atoms with Crippen LogP contribution in [0.1, 0.15) is 5.56 Å². The number of phenolic OH excluding ortho intramolecular Hbond substituents is 1. The molecule has 0 unspecified atom stereocenters. The van der Waals surface area contributed by atoms with E-state index in [1.807, 2.05) is 0 Å². The summed E-state index contributed by atoms with van der Waals surface area (Å²) >= 11 is 0. The van der Waals surface area contributed by atoms with Crippen molar-refractivity contribution in [2.75, 3.05) is 13.1 Å². The lowest BCUT2D eigenvalue weighted by atomic mass is 10.1. The molecular formula is C15H14N2O7. The zero-order valence-corrected chi connectivity index (χ0v) is 12.4. The number of amides is 2. The molecule has 0 aliphatic rings. The number of aliphatic carboxylic acids is 1. The molecule has 1 aromatic carbocycles. The molecule has 4 N–H and O–H groups in total. The molecule has 0 bridgehead atoms. The Morgan fingerprint density at radius 2 is 1.75 bits per heavy atom. The summed E-state index contributed by atoms with van der Waals surface area (Å²) in [6.07, 6.45) is -0.181. The standard InChI is InChI=1S/C15H14N2O7/c18-9-1-2-10-8(4-15(23)24-11(10)5-9)3-12(19)16-6-13(20)17-7-14(21)22/h1-2,4-5,18H,3,6-7H2,(H,16,19)(H,17,20)(H,21,22). The van der Waals surface area contributed by atoms with E-state index in [-0.39, 0.29) is 24.3 Å². The smallest absolute Gasteiger partial charge is 0.336 e. The van der Waals surface area contributed by atoms with Crippen LogP contribution < -0.4 is 16.3 Å². The molecule has 0 aliphatic heterocycles. The Morgan fingerprint density at radius 1 is 1.04 bits per heavy atom. The van der Waals surface area contributed by atoms with Gasteiger partial charge in [0.05, 0.1) is 13.0 Å². The van der Waals surface area contributed by atoms with Crippen LogP contribution in [0.25, 0.3) is 11.0 Å². The van der Waals surface area contributed by atoms with Crippen LogP contribution in [0.3, 0.4) is 0 Å². The van der Waals surface area contributed by atoms with Crippen molar-refractivity contribution in [2.24, 2.45) is 0 Å². The van der Waals surface area contributed by atoms with Gasteiger partial charge < -0.3 is 25.3 Å². The molecule has 0 fully saturated rings. The van der Waals surface area contributed by atoms with Crippen molar-refractivity contribution in [3.8, 4) is 5.75 Å². The van der Waals surface area contributed by atoms with Gasteiger partial charge in [0.25, 0.3) is 0 Å². The molecule has 0 saturated heterocycles. The van der Waals surface area contributed by atoms with Crippen LogP contribution >= 0.6 is 0 Å². The number of carbonyl (C=O) groups is 3. The van der Waals surface area contributed by atoms with Crippen molar-refractivity contribution in [1.82, 2.24) is 10.6 Å². The van der Waals surface area contributed by atoms with E-state index in [9.17, 15) is 24.3 Å². The van der Waals surface area contributed by atoms with Gasteiger partial charge in [0.1, 0.15) is 17.9 Å². The van der Waals surface area contributed by atoms with Gasteiger partial charge in [-0.15, -0.1) is 0 Å². The van der Waals surface area contributed by atoms with Crippen molar-refractivity contribution in [3.63, 3.8) is 0 Å². The van der Waals surface area contributed by atoms with Gasteiger partial charge in [0.15, 0.2) is 0 Å². The van der Waals surface area contributed by atoms with E-state index in [1.54, 1.807) is 0 Å². The molecule has 2 rings (SSSR count). The number of hydrogen-bond donors (Lipinski definition) is 4. The fraction of sp³-hybridized carbons (Fsp3) is 0.200. The Morgan fingerprint density at radius 3 is 2.46 bits per heavy atom. The number of rotatable bonds is 6. The maximum absolute atomic E-state index is 11.9. The van der Waals surface area contributed by atoms with Crippen LogP contribution in [0, 0.1) is 0 Å². The van der Waals surface area contributed by atoms with E-state index in [4.69, 9.17) is 9.52 Å². The van der Waals surface area contributed by atoms with E-state index < -0.39 is 30.0 Å². The molecule has 0 spiro atoms. The van der Waals surface area contributed by atoms with Gasteiger partial charge in [-0.05, 0) is 17.7 Å². The summed E-state index contributed by atoms with van der Waals surface area (Å²) in [5, 5.41) is 22.7. The maximum Gasteiger partial charge on any atom is 0.336 e. The van der Waals surface area contributed by atoms with Gasteiger partial charge >= 0.3 is 11.6 Å². The van der Waals surface area contributed by atoms with Crippen molar-refractivity contribution in [1.29, 1.82) is 0 Å². The number of nitrogens with one attached hydrogen (secondary N) is 2. The molecule has 2 aromatic rings. The van der Waals surface area contributed by atoms with Gasteiger partial charge in [-0.1, -0.05) is 0 Å². The minimum Gasteiger partial charge on any atom is -0.508 e. The molecule has 1 heterocycles. The maximum atomic E-state index is 11.9. The summed E-state index contributed by atoms with van der Waals surface area (Å²) in [6.45, 7) is -0.922. The van der Waals surface area contributed by atoms with Crippen LogP contribution in [0.5, 0.6) is 5.75 Å². The van der Waals surface area contributed by atoms with Crippen LogP contribution in [0.15, 0.2) is 33.5 Å². The molecule has 0 atom stereocenters. The van der Waals surface area contributed by atoms with Crippen molar-refractivity contribution < 1.29 is 29.0 Å². The van der Waals surface area contributed by atoms with E-state index >= 15 is 0 Å². The number of carboxylic acids is 1. The molecule has 9 heteroatoms. The predicted molar refractivity (Wildman–Crippen MR) is 81.5 cm³/mol. The summed E-state index contributed by atoms with van der Waals surface area (Å²) < 4.78 is 4.95. The summed E-state index contributed by atoms with van der Waals surface area (Å²) in [4.78, 5) is 45.0. The Kier molecular flexibility index (Phi) is 5.15. The SMILES string of the molecule is O=C(O)CNC(=O)CNC(=O)Cc1cc(=O)oc2cc(O)ccc12. The summed E-state index contributed by atoms with van der Waals surface area (Å²) in [5.41, 5.74) is -0.149. The highest BCUT2D eigenvalue weighted by molar-refractivity contribution is 5.90. The second-order valence-electron chi connectivity index (χ2n) is 4.90. The monoisotopic (exact) mass is 334 g/mol. The quantitative estimate of drug-likeness (QED) is 0.514. The molecule has 2 amide bonds. The molecule has 126 valence electrons. The van der Waals surface area contributed by atoms with Crippen LogP contribution in [-0.2, 0) is 20.8 Å². The Balaban J connectivity index is 2.04. The summed E-state index contributed by atoms with van der Waals surface area (Å²) in [7, 11) is 0. The van der Waals surface area contributed by atoms with E-state index in [1.165, 1.54) is 18.2 Å². The van der Waals surface area contributed by atoms with E-state index in [0.717, 1.165) is 6.07 Å². The summed E-state index contributed by atoms with van der Waals surface area (Å²) in [6, 6.07) is 5.32. The zero-order chi connectivity index (χ0) is 17.7. The van der Waals surface area contributed by atoms with Crippen molar-refractivity contribution >= 4 is 28.8 Å². The predicted octanol–water partition coefficient (Wildman–Crippen LogP) is -0.642. The largest absolute Gasteiger partial charge is 0.508 e. The second kappa shape index (κ2) is 7.27. The van der Waals surface area contributed by atoms with Crippen LogP contribution in [0.2, 0.25) is 0 Å². The van der Waals surface area contributed by atoms with E-state index in [2.05, 4.69) is 10.6 Å². The highest BCUT2D eigenvalue weighted by atomic mass is 16.4. The minimum absolute atomic E-state index is 0.0812. The minimum atomic E-state index is -1.19. The average molecular weight is 334 g/mol. The number of phenols is 1. The fourth-order valence-corrected chi connectivity index (χ4v) is 2.02. The van der Waals surface area contributed by atoms with Crippen molar-refractivity contribution in [3.05, 3.63) is 40.2 Å². The number of benzene rings is 1. The first-order valence-electron chi connectivity index (χ1n) is 6.86. The lowest BCUT2D eigenvalue weighted by molar-refractivity contribution is -0.137. The first kappa shape index (κ1) is 17.0. The first-order valence-corrected chi connectivity index (χ1v) is 6.86. The molecule has 0 saturated carbocycles. The van der Waals surface area contributed by atoms with Gasteiger partial charge in [-0.25, -0.2) is 4.79 Å². The molecule has 9 nitrogen and oxygen atoms in total. The summed E-state index contributed by atoms with van der Waals surface area (Å²) in [5.74, 6) is -2.45. The molecule has 0 aliphatic carbocycles. The molecule has 1 aromatic heterocycles. The number of hydrogen-bond acceptors (Lipinski definition) is 6.